The van der Waals surface area contributed by atoms with E-state index in [0.717, 1.165) is 18.4 Å². The molecule has 1 aliphatic heterocycles. The Hall–Kier alpha value is -3.55. The van der Waals surface area contributed by atoms with Gasteiger partial charge >= 0.3 is 0 Å². The monoisotopic (exact) mass is 410 g/mol. The van der Waals surface area contributed by atoms with Crippen molar-refractivity contribution < 1.29 is 19.1 Å². The average Bonchev–Trinajstić information content (AvgIpc) is 2.77. The number of anilines is 1. The zero-order valence-corrected chi connectivity index (χ0v) is 17.1. The van der Waals surface area contributed by atoms with Gasteiger partial charge in [0.2, 0.25) is 5.91 Å². The SMILES string of the molecule is COc1ccc(/C=N/N2CCCCC2C(=O)Nc2ccccc2C(N)=O)cc1OC. The summed E-state index contributed by atoms with van der Waals surface area (Å²) < 4.78 is 10.6. The number of carbonyl (C=O) groups excluding carboxylic acids is 2. The lowest BCUT2D eigenvalue weighted by Gasteiger charge is -2.32. The highest BCUT2D eigenvalue weighted by molar-refractivity contribution is 6.04. The number of benzene rings is 2. The van der Waals surface area contributed by atoms with Crippen LogP contribution in [0.25, 0.3) is 0 Å². The fourth-order valence-electron chi connectivity index (χ4n) is 3.42. The highest BCUT2D eigenvalue weighted by Gasteiger charge is 2.28. The summed E-state index contributed by atoms with van der Waals surface area (Å²) >= 11 is 0. The molecule has 1 aliphatic rings. The van der Waals surface area contributed by atoms with Crippen LogP contribution in [0.4, 0.5) is 5.69 Å². The maximum Gasteiger partial charge on any atom is 0.250 e. The molecule has 1 atom stereocenters. The molecule has 30 heavy (non-hydrogen) atoms. The molecular weight excluding hydrogens is 384 g/mol. The predicted octanol–water partition coefficient (Wildman–Crippen LogP) is 2.63. The summed E-state index contributed by atoms with van der Waals surface area (Å²) in [4.78, 5) is 24.6. The Morgan fingerprint density at radius 3 is 2.63 bits per heavy atom. The van der Waals surface area contributed by atoms with Gasteiger partial charge in [0.15, 0.2) is 11.5 Å². The Bertz CT molecular complexity index is 944. The van der Waals surface area contributed by atoms with Crippen molar-refractivity contribution in [2.45, 2.75) is 25.3 Å². The minimum atomic E-state index is -0.585. The average molecular weight is 410 g/mol. The number of hydrogen-bond acceptors (Lipinski definition) is 6. The Labute approximate surface area is 175 Å². The minimum Gasteiger partial charge on any atom is -0.493 e. The van der Waals surface area contributed by atoms with E-state index in [2.05, 4.69) is 10.4 Å². The van der Waals surface area contributed by atoms with Crippen molar-refractivity contribution in [3.63, 3.8) is 0 Å². The number of hydrazone groups is 1. The molecule has 0 radical (unpaired) electrons. The van der Waals surface area contributed by atoms with E-state index in [0.29, 0.717) is 30.2 Å². The Morgan fingerprint density at radius 1 is 1.13 bits per heavy atom. The second-order valence-electron chi connectivity index (χ2n) is 6.93. The van der Waals surface area contributed by atoms with Gasteiger partial charge in [-0.2, -0.15) is 5.10 Å². The highest BCUT2D eigenvalue weighted by Crippen LogP contribution is 2.27. The summed E-state index contributed by atoms with van der Waals surface area (Å²) in [6.07, 6.45) is 4.25. The lowest BCUT2D eigenvalue weighted by Crippen LogP contribution is -2.44. The van der Waals surface area contributed by atoms with Gasteiger partial charge in [-0.25, -0.2) is 0 Å². The van der Waals surface area contributed by atoms with Gasteiger partial charge in [-0.3, -0.25) is 14.6 Å². The van der Waals surface area contributed by atoms with Gasteiger partial charge in [0.05, 0.1) is 31.7 Å². The standard InChI is InChI=1S/C22H26N4O4/c1-29-19-11-10-15(13-20(19)30-2)14-24-26-12-6-5-9-18(26)22(28)25-17-8-4-3-7-16(17)21(23)27/h3-4,7-8,10-11,13-14,18H,5-6,9,12H2,1-2H3,(H2,23,27)(H,25,28)/b24-14+. The van der Waals surface area contributed by atoms with Crippen LogP contribution in [0.2, 0.25) is 0 Å². The van der Waals surface area contributed by atoms with E-state index in [1.165, 1.54) is 0 Å². The summed E-state index contributed by atoms with van der Waals surface area (Å²) in [6.45, 7) is 0.666. The lowest BCUT2D eigenvalue weighted by molar-refractivity contribution is -0.122. The number of primary amides is 1. The van der Waals surface area contributed by atoms with Crippen molar-refractivity contribution in [3.05, 3.63) is 53.6 Å². The lowest BCUT2D eigenvalue weighted by atomic mass is 10.0. The van der Waals surface area contributed by atoms with Crippen LogP contribution in [-0.4, -0.2) is 49.8 Å². The smallest absolute Gasteiger partial charge is 0.250 e. The van der Waals surface area contributed by atoms with Gasteiger partial charge in [0.25, 0.3) is 5.91 Å². The number of hydrogen-bond donors (Lipinski definition) is 2. The minimum absolute atomic E-state index is 0.215. The molecule has 8 heteroatoms. The number of nitrogens with two attached hydrogens (primary N) is 1. The van der Waals surface area contributed by atoms with E-state index in [1.54, 1.807) is 55.8 Å². The maximum absolute atomic E-state index is 12.9. The van der Waals surface area contributed by atoms with Gasteiger partial charge in [-0.1, -0.05) is 12.1 Å². The Kier molecular flexibility index (Phi) is 6.90. The van der Waals surface area contributed by atoms with E-state index < -0.39 is 11.9 Å². The molecule has 0 saturated carbocycles. The predicted molar refractivity (Wildman–Crippen MR) is 115 cm³/mol. The summed E-state index contributed by atoms with van der Waals surface area (Å²) in [7, 11) is 3.16. The number of amides is 2. The molecule has 0 bridgehead atoms. The van der Waals surface area contributed by atoms with Crippen molar-refractivity contribution in [1.29, 1.82) is 0 Å². The summed E-state index contributed by atoms with van der Waals surface area (Å²) in [6, 6.07) is 11.8. The molecule has 3 rings (SSSR count). The molecule has 8 nitrogen and oxygen atoms in total. The molecule has 1 saturated heterocycles. The summed E-state index contributed by atoms with van der Waals surface area (Å²) in [5.74, 6) is 0.446. The number of carbonyl (C=O) groups is 2. The van der Waals surface area contributed by atoms with Gasteiger partial charge in [-0.05, 0) is 55.2 Å². The molecular formula is C22H26N4O4. The van der Waals surface area contributed by atoms with E-state index in [4.69, 9.17) is 15.2 Å². The first-order chi connectivity index (χ1) is 14.5. The number of piperidine rings is 1. The van der Waals surface area contributed by atoms with E-state index in [1.807, 2.05) is 12.1 Å². The van der Waals surface area contributed by atoms with Crippen molar-refractivity contribution in [2.24, 2.45) is 10.8 Å². The molecule has 2 aromatic rings. The van der Waals surface area contributed by atoms with Gasteiger partial charge in [0, 0.05) is 6.54 Å². The van der Waals surface area contributed by atoms with Crippen molar-refractivity contribution >= 4 is 23.7 Å². The second-order valence-corrected chi connectivity index (χ2v) is 6.93. The third kappa shape index (κ3) is 4.89. The number of methoxy groups -OCH3 is 2. The van der Waals surface area contributed by atoms with Crippen LogP contribution < -0.4 is 20.5 Å². The molecule has 1 fully saturated rings. The van der Waals surface area contributed by atoms with Crippen LogP contribution in [0.1, 0.15) is 35.2 Å². The third-order valence-electron chi connectivity index (χ3n) is 4.99. The van der Waals surface area contributed by atoms with Crippen LogP contribution >= 0.6 is 0 Å². The topological polar surface area (TPSA) is 106 Å². The quantitative estimate of drug-likeness (QED) is 0.683. The third-order valence-corrected chi connectivity index (χ3v) is 4.99. The molecule has 2 amide bonds. The van der Waals surface area contributed by atoms with Crippen molar-refractivity contribution in [3.8, 4) is 11.5 Å². The van der Waals surface area contributed by atoms with Crippen LogP contribution in [0.3, 0.4) is 0 Å². The van der Waals surface area contributed by atoms with E-state index in [-0.39, 0.29) is 11.5 Å². The van der Waals surface area contributed by atoms with Crippen LogP contribution in [-0.2, 0) is 4.79 Å². The van der Waals surface area contributed by atoms with E-state index in [9.17, 15) is 9.59 Å². The molecule has 0 aliphatic carbocycles. The van der Waals surface area contributed by atoms with Crippen LogP contribution in [0.5, 0.6) is 11.5 Å². The molecule has 1 heterocycles. The Balaban J connectivity index is 1.76. The summed E-state index contributed by atoms with van der Waals surface area (Å²) in [5, 5.41) is 9.16. The fraction of sp³-hybridized carbons (Fsp3) is 0.318. The van der Waals surface area contributed by atoms with Gasteiger partial charge in [-0.15, -0.1) is 0 Å². The Morgan fingerprint density at radius 2 is 1.90 bits per heavy atom. The molecule has 0 spiro atoms. The normalized spacial score (nSPS) is 16.3. The number of rotatable bonds is 7. The number of nitrogens with zero attached hydrogens (tertiary/aromatic N) is 2. The van der Waals surface area contributed by atoms with Gasteiger partial charge in [0.1, 0.15) is 6.04 Å². The van der Waals surface area contributed by atoms with Gasteiger partial charge < -0.3 is 20.5 Å². The molecule has 2 aromatic carbocycles. The van der Waals surface area contributed by atoms with Crippen molar-refractivity contribution in [1.82, 2.24) is 5.01 Å². The maximum atomic E-state index is 12.9. The zero-order chi connectivity index (χ0) is 21.5. The van der Waals surface area contributed by atoms with Crippen LogP contribution in [0.15, 0.2) is 47.6 Å². The first-order valence-corrected chi connectivity index (χ1v) is 9.76. The largest absolute Gasteiger partial charge is 0.493 e. The second kappa shape index (κ2) is 9.78. The summed E-state index contributed by atoms with van der Waals surface area (Å²) in [5.41, 5.74) is 6.93. The first kappa shape index (κ1) is 21.2. The highest BCUT2D eigenvalue weighted by atomic mass is 16.5. The number of nitrogens with one attached hydrogen (secondary N) is 1. The fourth-order valence-corrected chi connectivity index (χ4v) is 3.42. The van der Waals surface area contributed by atoms with E-state index >= 15 is 0 Å². The molecule has 0 aromatic heterocycles. The molecule has 1 unspecified atom stereocenters. The number of para-hydroxylation sites is 1. The van der Waals surface area contributed by atoms with Crippen molar-refractivity contribution in [2.75, 3.05) is 26.1 Å². The zero-order valence-electron chi connectivity index (χ0n) is 17.1. The number of ether oxygens (including phenoxy) is 2. The molecule has 3 N–H and O–H groups in total. The van der Waals surface area contributed by atoms with Crippen LogP contribution in [0, 0.1) is 0 Å². The first-order valence-electron chi connectivity index (χ1n) is 9.76. The molecule has 158 valence electrons.